The molecule has 1 heterocycles. The summed E-state index contributed by atoms with van der Waals surface area (Å²) in [4.78, 5) is 13.0. The third-order valence-electron chi connectivity index (χ3n) is 2.64. The lowest BCUT2D eigenvalue weighted by Crippen LogP contribution is -2.31. The van der Waals surface area contributed by atoms with Gasteiger partial charge in [0.25, 0.3) is 0 Å². The van der Waals surface area contributed by atoms with Crippen molar-refractivity contribution in [1.82, 2.24) is 5.32 Å². The predicted molar refractivity (Wildman–Crippen MR) is 88.5 cm³/mol. The van der Waals surface area contributed by atoms with Crippen molar-refractivity contribution in [2.24, 2.45) is 0 Å². The van der Waals surface area contributed by atoms with Crippen LogP contribution in [0.1, 0.15) is 17.8 Å². The Labute approximate surface area is 130 Å². The van der Waals surface area contributed by atoms with E-state index in [1.807, 2.05) is 48.7 Å². The van der Waals surface area contributed by atoms with E-state index in [4.69, 9.17) is 0 Å². The molecule has 0 aliphatic rings. The van der Waals surface area contributed by atoms with Crippen LogP contribution in [0.15, 0.2) is 41.8 Å². The van der Waals surface area contributed by atoms with E-state index >= 15 is 0 Å². The average molecular weight is 386 g/mol. The van der Waals surface area contributed by atoms with E-state index in [0.29, 0.717) is 0 Å². The largest absolute Gasteiger partial charge is 0.376 e. The van der Waals surface area contributed by atoms with Crippen LogP contribution in [0.2, 0.25) is 0 Å². The maximum atomic E-state index is 11.8. The molecule has 0 unspecified atom stereocenters. The molecule has 0 aliphatic heterocycles. The van der Waals surface area contributed by atoms with E-state index in [1.165, 1.54) is 8.45 Å². The summed E-state index contributed by atoms with van der Waals surface area (Å²) in [6, 6.07) is 12.0. The Morgan fingerprint density at radius 1 is 1.32 bits per heavy atom. The van der Waals surface area contributed by atoms with Crippen LogP contribution >= 0.6 is 33.9 Å². The van der Waals surface area contributed by atoms with Crippen LogP contribution in [0.25, 0.3) is 0 Å². The monoisotopic (exact) mass is 386 g/mol. The molecule has 0 radical (unpaired) electrons. The summed E-state index contributed by atoms with van der Waals surface area (Å²) in [5.74, 6) is -0.000509. The lowest BCUT2D eigenvalue weighted by atomic mass is 10.2. The first-order valence-corrected chi connectivity index (χ1v) is 7.93. The van der Waals surface area contributed by atoms with Crippen molar-refractivity contribution in [1.29, 1.82) is 0 Å². The Balaban J connectivity index is 1.80. The molecule has 0 saturated heterocycles. The van der Waals surface area contributed by atoms with Crippen LogP contribution in [-0.2, 0) is 4.79 Å². The van der Waals surface area contributed by atoms with E-state index in [1.54, 1.807) is 11.3 Å². The van der Waals surface area contributed by atoms with E-state index in [2.05, 4.69) is 33.2 Å². The fraction of sp³-hybridized carbons (Fsp3) is 0.214. The smallest absolute Gasteiger partial charge is 0.239 e. The van der Waals surface area contributed by atoms with Crippen LogP contribution < -0.4 is 10.6 Å². The second-order valence-corrected chi connectivity index (χ2v) is 6.39. The minimum Gasteiger partial charge on any atom is -0.376 e. The number of carbonyl (C=O) groups excluding carboxylic acids is 1. The molecular weight excluding hydrogens is 371 g/mol. The molecule has 1 atom stereocenters. The number of nitrogens with one attached hydrogen (secondary N) is 2. The van der Waals surface area contributed by atoms with Gasteiger partial charge in [0.05, 0.1) is 12.6 Å². The number of anilines is 1. The molecule has 100 valence electrons. The van der Waals surface area contributed by atoms with Gasteiger partial charge in [-0.1, -0.05) is 6.07 Å². The molecule has 1 amide bonds. The van der Waals surface area contributed by atoms with Gasteiger partial charge >= 0.3 is 0 Å². The molecule has 0 saturated carbocycles. The summed E-state index contributed by atoms with van der Waals surface area (Å²) in [5.41, 5.74) is 0.958. The van der Waals surface area contributed by atoms with E-state index < -0.39 is 0 Å². The highest BCUT2D eigenvalue weighted by Gasteiger charge is 2.09. The highest BCUT2D eigenvalue weighted by Crippen LogP contribution is 2.17. The highest BCUT2D eigenvalue weighted by molar-refractivity contribution is 14.1. The molecule has 5 heteroatoms. The first-order chi connectivity index (χ1) is 9.15. The number of amides is 1. The van der Waals surface area contributed by atoms with Gasteiger partial charge < -0.3 is 10.6 Å². The summed E-state index contributed by atoms with van der Waals surface area (Å²) in [5, 5.41) is 8.10. The Morgan fingerprint density at radius 3 is 2.68 bits per heavy atom. The minimum absolute atomic E-state index is 0.000509. The summed E-state index contributed by atoms with van der Waals surface area (Å²) in [6.07, 6.45) is 0. The van der Waals surface area contributed by atoms with Gasteiger partial charge in [-0.3, -0.25) is 4.79 Å². The molecule has 0 bridgehead atoms. The van der Waals surface area contributed by atoms with E-state index in [-0.39, 0.29) is 18.5 Å². The Hall–Kier alpha value is -1.08. The van der Waals surface area contributed by atoms with Crippen LogP contribution in [0.4, 0.5) is 5.69 Å². The molecule has 0 spiro atoms. The van der Waals surface area contributed by atoms with E-state index in [0.717, 1.165) is 5.69 Å². The predicted octanol–water partition coefficient (Wildman–Crippen LogP) is 3.64. The third kappa shape index (κ3) is 4.50. The topological polar surface area (TPSA) is 41.1 Å². The van der Waals surface area contributed by atoms with Crippen LogP contribution in [0.5, 0.6) is 0 Å². The molecule has 1 aromatic heterocycles. The number of hydrogen-bond acceptors (Lipinski definition) is 3. The normalized spacial score (nSPS) is 11.9. The van der Waals surface area contributed by atoms with Crippen molar-refractivity contribution in [2.45, 2.75) is 13.0 Å². The van der Waals surface area contributed by atoms with Crippen molar-refractivity contribution in [3.8, 4) is 0 Å². The molecule has 1 aromatic carbocycles. The maximum Gasteiger partial charge on any atom is 0.239 e. The zero-order chi connectivity index (χ0) is 13.7. The summed E-state index contributed by atoms with van der Waals surface area (Å²) < 4.78 is 1.18. The van der Waals surface area contributed by atoms with Crippen molar-refractivity contribution in [3.05, 3.63) is 50.2 Å². The van der Waals surface area contributed by atoms with Crippen LogP contribution in [-0.4, -0.2) is 12.5 Å². The first kappa shape index (κ1) is 14.3. The Morgan fingerprint density at radius 2 is 2.05 bits per heavy atom. The van der Waals surface area contributed by atoms with Gasteiger partial charge in [0.15, 0.2) is 0 Å². The second-order valence-electron chi connectivity index (χ2n) is 4.17. The van der Waals surface area contributed by atoms with Gasteiger partial charge in [0.1, 0.15) is 0 Å². The minimum atomic E-state index is -0.000509. The van der Waals surface area contributed by atoms with Gasteiger partial charge in [-0.15, -0.1) is 11.3 Å². The van der Waals surface area contributed by atoms with Gasteiger partial charge in [0, 0.05) is 14.1 Å². The number of hydrogen-bond donors (Lipinski definition) is 2. The summed E-state index contributed by atoms with van der Waals surface area (Å²) in [6.45, 7) is 2.28. The molecule has 2 N–H and O–H groups in total. The quantitative estimate of drug-likeness (QED) is 0.771. The number of rotatable bonds is 5. The van der Waals surface area contributed by atoms with Gasteiger partial charge in [-0.25, -0.2) is 0 Å². The number of thiophene rings is 1. The van der Waals surface area contributed by atoms with Gasteiger partial charge in [-0.05, 0) is 65.2 Å². The number of benzene rings is 1. The van der Waals surface area contributed by atoms with Gasteiger partial charge in [-0.2, -0.15) is 0 Å². The molecule has 2 rings (SSSR count). The van der Waals surface area contributed by atoms with Crippen molar-refractivity contribution >= 4 is 45.5 Å². The first-order valence-electron chi connectivity index (χ1n) is 5.97. The molecule has 3 nitrogen and oxygen atoms in total. The summed E-state index contributed by atoms with van der Waals surface area (Å²) in [7, 11) is 0. The SMILES string of the molecule is C[C@@H](NC(=O)CNc1ccc(I)cc1)c1cccs1. The fourth-order valence-electron chi connectivity index (χ4n) is 1.65. The zero-order valence-corrected chi connectivity index (χ0v) is 13.5. The number of halogens is 1. The van der Waals surface area contributed by atoms with Crippen LogP contribution in [0, 0.1) is 3.57 Å². The molecular formula is C14H15IN2OS. The van der Waals surface area contributed by atoms with Crippen LogP contribution in [0.3, 0.4) is 0 Å². The fourth-order valence-corrected chi connectivity index (χ4v) is 2.75. The lowest BCUT2D eigenvalue weighted by Gasteiger charge is -2.13. The number of carbonyl (C=O) groups is 1. The van der Waals surface area contributed by atoms with E-state index in [9.17, 15) is 4.79 Å². The second kappa shape index (κ2) is 6.91. The van der Waals surface area contributed by atoms with Crippen molar-refractivity contribution in [2.75, 3.05) is 11.9 Å². The molecule has 0 fully saturated rings. The molecule has 19 heavy (non-hydrogen) atoms. The average Bonchev–Trinajstić information content (AvgIpc) is 2.92. The molecule has 0 aliphatic carbocycles. The third-order valence-corrected chi connectivity index (χ3v) is 4.42. The zero-order valence-electron chi connectivity index (χ0n) is 10.5. The molecule has 2 aromatic rings. The maximum absolute atomic E-state index is 11.8. The Bertz CT molecular complexity index is 525. The van der Waals surface area contributed by atoms with Crippen molar-refractivity contribution < 1.29 is 4.79 Å². The highest BCUT2D eigenvalue weighted by atomic mass is 127. The standard InChI is InChI=1S/C14H15IN2OS/c1-10(13-3-2-8-19-13)17-14(18)9-16-12-6-4-11(15)5-7-12/h2-8,10,16H,9H2,1H3,(H,17,18)/t10-/m1/s1. The Kier molecular flexibility index (Phi) is 5.21. The van der Waals surface area contributed by atoms with Gasteiger partial charge in [0.2, 0.25) is 5.91 Å². The lowest BCUT2D eigenvalue weighted by molar-refractivity contribution is -0.120. The van der Waals surface area contributed by atoms with Crippen molar-refractivity contribution in [3.63, 3.8) is 0 Å². The summed E-state index contributed by atoms with van der Waals surface area (Å²) >= 11 is 3.91.